The van der Waals surface area contributed by atoms with Crippen molar-refractivity contribution in [2.24, 2.45) is 0 Å². The van der Waals surface area contributed by atoms with Crippen LogP contribution in [0.3, 0.4) is 0 Å². The fourth-order valence-corrected chi connectivity index (χ4v) is 2.25. The number of amides is 1. The van der Waals surface area contributed by atoms with Gasteiger partial charge in [-0.25, -0.2) is 18.7 Å². The normalized spacial score (nSPS) is 32.4. The molecule has 0 unspecified atom stereocenters. The Bertz CT molecular complexity index is 1360. The van der Waals surface area contributed by atoms with Crippen molar-refractivity contribution in [3.05, 3.63) is 58.4 Å². The van der Waals surface area contributed by atoms with Gasteiger partial charge in [0.1, 0.15) is 17.3 Å². The number of halogens is 3. The molecule has 0 bridgehead atoms. The highest BCUT2D eigenvalue weighted by Gasteiger charge is 2.35. The summed E-state index contributed by atoms with van der Waals surface area (Å²) in [5, 5.41) is -0.672. The maximum absolute atomic E-state index is 17.0. The number of nitrogens with zero attached hydrogens (tertiary/aromatic N) is 3. The van der Waals surface area contributed by atoms with E-state index < -0.39 is 90.0 Å². The van der Waals surface area contributed by atoms with Crippen LogP contribution >= 0.6 is 11.6 Å². The topological polar surface area (TPSA) is 46.1 Å². The first-order valence-corrected chi connectivity index (χ1v) is 8.31. The quantitative estimate of drug-likeness (QED) is 0.673. The molecule has 0 atom stereocenters. The summed E-state index contributed by atoms with van der Waals surface area (Å²) >= 11 is 5.64. The molecule has 0 saturated carbocycles. The molecule has 4 nitrogen and oxygen atoms in total. The summed E-state index contributed by atoms with van der Waals surface area (Å²) in [6, 6.07) is 2.01. The molecular formula is C21H24ClF2N3O. The number of carbonyl (C=O) groups is 1. The van der Waals surface area contributed by atoms with Crippen LogP contribution in [-0.2, 0) is 12.7 Å². The predicted octanol–water partition coefficient (Wildman–Crippen LogP) is 4.80. The van der Waals surface area contributed by atoms with E-state index in [0.29, 0.717) is 12.1 Å². The van der Waals surface area contributed by atoms with Crippen molar-refractivity contribution < 1.29 is 32.8 Å². The van der Waals surface area contributed by atoms with Crippen molar-refractivity contribution in [1.29, 1.82) is 0 Å². The van der Waals surface area contributed by atoms with Crippen LogP contribution in [0, 0.1) is 5.82 Å². The molecule has 1 fully saturated rings. The third-order valence-corrected chi connectivity index (χ3v) is 3.86. The van der Waals surface area contributed by atoms with Gasteiger partial charge in [0.15, 0.2) is 0 Å². The molecule has 1 aromatic heterocycles. The number of hydrogen-bond acceptors (Lipinski definition) is 3. The predicted molar refractivity (Wildman–Crippen MR) is 105 cm³/mol. The largest absolute Gasteiger partial charge is 0.338 e. The number of benzene rings is 1. The summed E-state index contributed by atoms with van der Waals surface area (Å²) < 4.78 is 146. The van der Waals surface area contributed by atoms with Crippen LogP contribution in [0.2, 0.25) is 5.02 Å². The highest BCUT2D eigenvalue weighted by atomic mass is 35.5. The molecule has 0 aliphatic carbocycles. The Labute approximate surface area is 188 Å². The number of aromatic nitrogens is 2. The fraction of sp³-hybridized carbons (Fsp3) is 0.476. The van der Waals surface area contributed by atoms with Crippen LogP contribution < -0.4 is 0 Å². The van der Waals surface area contributed by atoms with Crippen LogP contribution in [0.1, 0.15) is 73.4 Å². The molecule has 1 amide bonds. The van der Waals surface area contributed by atoms with E-state index in [1.807, 2.05) is 0 Å². The highest BCUT2D eigenvalue weighted by Crippen LogP contribution is 2.32. The summed E-state index contributed by atoms with van der Waals surface area (Å²) in [6.45, 7) is -7.13. The van der Waals surface area contributed by atoms with E-state index in [9.17, 15) is 9.18 Å². The molecule has 2 aromatic rings. The van der Waals surface area contributed by atoms with Crippen molar-refractivity contribution in [3.63, 3.8) is 0 Å². The minimum absolute atomic E-state index is 0.0967. The molecule has 150 valence electrons. The molecule has 1 aliphatic heterocycles. The summed E-state index contributed by atoms with van der Waals surface area (Å²) in [6.07, 6.45) is -17.9. The minimum Gasteiger partial charge on any atom is -0.338 e. The summed E-state index contributed by atoms with van der Waals surface area (Å²) in [7, 11) is 0. The zero-order valence-corrected chi connectivity index (χ0v) is 15.2. The van der Waals surface area contributed by atoms with Crippen molar-refractivity contribution in [1.82, 2.24) is 14.9 Å². The number of rotatable bonds is 6. The van der Waals surface area contributed by atoms with E-state index in [2.05, 4.69) is 9.97 Å². The molecule has 2 heterocycles. The lowest BCUT2D eigenvalue weighted by atomic mass is 9.88. The van der Waals surface area contributed by atoms with Gasteiger partial charge in [0.25, 0.3) is 5.91 Å². The number of carbonyl (C=O) groups excluding carboxylic acids is 1. The second-order valence-corrected chi connectivity index (χ2v) is 5.88. The zero-order chi connectivity index (χ0) is 32.7. The first kappa shape index (κ1) is 9.16. The monoisotopic (exact) mass is 421 g/mol. The number of likely N-dealkylation sites (tertiary alicyclic amines) is 1. The highest BCUT2D eigenvalue weighted by molar-refractivity contribution is 6.31. The van der Waals surface area contributed by atoms with Gasteiger partial charge in [-0.3, -0.25) is 4.79 Å². The number of hydrogen-bond donors (Lipinski definition) is 0. The maximum Gasteiger partial charge on any atom is 0.253 e. The standard InChI is InChI=1S/C21H24ClF2N3O/c1-2-15-13-25-19(26-14-15)4-3-7-21(24)8-10-27(11-9-21)20(28)16-5-6-18(23)17(22)12-16/h5-6,12-14H,2-4,7-11H2,1H3/i2D2,4D2,7D2,8D2,9D2,10D2,11D2. The van der Waals surface area contributed by atoms with Crippen LogP contribution in [0.5, 0.6) is 0 Å². The van der Waals surface area contributed by atoms with Crippen molar-refractivity contribution >= 4 is 17.5 Å². The molecule has 3 rings (SSSR count). The van der Waals surface area contributed by atoms with E-state index in [-0.39, 0.29) is 5.56 Å². The van der Waals surface area contributed by atoms with Gasteiger partial charge in [-0.2, -0.15) is 0 Å². The van der Waals surface area contributed by atoms with Crippen molar-refractivity contribution in [2.45, 2.75) is 50.9 Å². The Balaban J connectivity index is 2.16. The van der Waals surface area contributed by atoms with Gasteiger partial charge in [0.2, 0.25) is 0 Å². The average molecular weight is 422 g/mol. The molecule has 1 saturated heterocycles. The molecule has 0 radical (unpaired) electrons. The third kappa shape index (κ3) is 5.04. The molecule has 28 heavy (non-hydrogen) atoms. The molecule has 0 N–H and O–H groups in total. The van der Waals surface area contributed by atoms with Gasteiger partial charge in [-0.1, -0.05) is 18.5 Å². The van der Waals surface area contributed by atoms with E-state index >= 15 is 4.39 Å². The van der Waals surface area contributed by atoms with Gasteiger partial charge in [0, 0.05) is 56.5 Å². The maximum atomic E-state index is 17.0. The Morgan fingerprint density at radius 2 is 2.04 bits per heavy atom. The SMILES string of the molecule is [2H]C([2H])(C)c1cnc(C([2H])([2H])CC([2H])([2H])C2(F)C([2H])([2H])C([2H])([2H])N(C(=O)c3ccc(F)c(Cl)c3)C([2H])([2H])C2([2H])[2H])nc1. The van der Waals surface area contributed by atoms with Gasteiger partial charge in [0.05, 0.1) is 5.02 Å². The van der Waals surface area contributed by atoms with Gasteiger partial charge < -0.3 is 4.90 Å². The number of piperidine rings is 1. The Kier molecular flexibility index (Phi) is 2.93. The molecule has 7 heteroatoms. The molecule has 0 spiro atoms. The molecule has 1 aliphatic rings. The minimum atomic E-state index is -4.83. The van der Waals surface area contributed by atoms with Crippen LogP contribution in [0.25, 0.3) is 0 Å². The number of alkyl halides is 1. The average Bonchev–Trinajstić information content (AvgIpc) is 2.82. The second kappa shape index (κ2) is 8.95. The lowest BCUT2D eigenvalue weighted by Crippen LogP contribution is -2.44. The van der Waals surface area contributed by atoms with Gasteiger partial charge in [-0.15, -0.1) is 0 Å². The summed E-state index contributed by atoms with van der Waals surface area (Å²) in [4.78, 5) is 20.0. The smallest absolute Gasteiger partial charge is 0.253 e. The van der Waals surface area contributed by atoms with Gasteiger partial charge in [-0.05, 0) is 55.7 Å². The second-order valence-electron chi connectivity index (χ2n) is 5.48. The van der Waals surface area contributed by atoms with Crippen molar-refractivity contribution in [3.8, 4) is 0 Å². The van der Waals surface area contributed by atoms with Crippen LogP contribution in [0.15, 0.2) is 30.6 Å². The Morgan fingerprint density at radius 3 is 2.64 bits per heavy atom. The third-order valence-electron chi connectivity index (χ3n) is 3.57. The lowest BCUT2D eigenvalue weighted by Gasteiger charge is -2.36. The Morgan fingerprint density at radius 1 is 1.36 bits per heavy atom. The fourth-order valence-electron chi connectivity index (χ4n) is 2.07. The van der Waals surface area contributed by atoms with Crippen LogP contribution in [-0.4, -0.2) is 39.4 Å². The van der Waals surface area contributed by atoms with E-state index in [4.69, 9.17) is 30.8 Å². The van der Waals surface area contributed by atoms with Crippen molar-refractivity contribution in [2.75, 3.05) is 13.0 Å². The molecular weight excluding hydrogens is 384 g/mol. The molecule has 1 aromatic carbocycles. The Hall–Kier alpha value is -2.08. The van der Waals surface area contributed by atoms with Gasteiger partial charge >= 0.3 is 0 Å². The lowest BCUT2D eigenvalue weighted by molar-refractivity contribution is 0.0389. The summed E-state index contributed by atoms with van der Waals surface area (Å²) in [5.74, 6) is -3.61. The van der Waals surface area contributed by atoms with E-state index in [0.717, 1.165) is 25.4 Å². The van der Waals surface area contributed by atoms with E-state index in [1.54, 1.807) is 0 Å². The number of aryl methyl sites for hydroxylation is 2. The zero-order valence-electron chi connectivity index (χ0n) is 28.5. The summed E-state index contributed by atoms with van der Waals surface area (Å²) in [5.41, 5.74) is -5.64. The first-order chi connectivity index (χ1) is 18.6. The first-order valence-electron chi connectivity index (χ1n) is 14.9. The van der Waals surface area contributed by atoms with Crippen LogP contribution in [0.4, 0.5) is 8.78 Å². The van der Waals surface area contributed by atoms with E-state index in [1.165, 1.54) is 0 Å².